The minimum atomic E-state index is 0. The monoisotopic (exact) mass is 344 g/mol. The molecule has 22 heavy (non-hydrogen) atoms. The molecule has 2 fully saturated rings. The van der Waals surface area contributed by atoms with Gasteiger partial charge in [-0.15, -0.1) is 12.4 Å². The Labute approximate surface area is 144 Å². The van der Waals surface area contributed by atoms with Gasteiger partial charge in [0.25, 0.3) is 0 Å². The summed E-state index contributed by atoms with van der Waals surface area (Å²) in [7, 11) is 0. The van der Waals surface area contributed by atoms with E-state index in [9.17, 15) is 5.11 Å². The van der Waals surface area contributed by atoms with Gasteiger partial charge in [-0.1, -0.05) is 23.7 Å². The lowest BCUT2D eigenvalue weighted by atomic mass is 9.79. The Morgan fingerprint density at radius 1 is 1.23 bits per heavy atom. The van der Waals surface area contributed by atoms with Gasteiger partial charge in [0.05, 0.1) is 0 Å². The third kappa shape index (κ3) is 4.36. The first-order valence-electron chi connectivity index (χ1n) is 8.04. The number of piperidine rings is 1. The van der Waals surface area contributed by atoms with Gasteiger partial charge in [-0.05, 0) is 67.9 Å². The second-order valence-electron chi connectivity index (χ2n) is 6.51. The normalized spacial score (nSPS) is 26.8. The molecule has 2 atom stereocenters. The molecule has 3 nitrogen and oxygen atoms in total. The standard InChI is InChI=1S/C17H25ClN2O.ClH/c18-16-3-1-2-13(8-16)11-20-6-4-14(5-7-20)17-10-19-9-15(17)12-21;/h1-3,8,14-15,17,19,21H,4-7,9-12H2;1H/t15-,17-;/m0./s1. The van der Waals surface area contributed by atoms with Crippen molar-refractivity contribution in [3.05, 3.63) is 34.9 Å². The van der Waals surface area contributed by atoms with E-state index in [0.717, 1.165) is 43.7 Å². The highest BCUT2D eigenvalue weighted by Crippen LogP contribution is 2.32. The van der Waals surface area contributed by atoms with Gasteiger partial charge in [0.15, 0.2) is 0 Å². The molecular weight excluding hydrogens is 319 g/mol. The van der Waals surface area contributed by atoms with E-state index in [2.05, 4.69) is 22.3 Å². The predicted molar refractivity (Wildman–Crippen MR) is 93.6 cm³/mol. The van der Waals surface area contributed by atoms with Crippen molar-refractivity contribution in [1.82, 2.24) is 10.2 Å². The highest BCUT2D eigenvalue weighted by Gasteiger charge is 2.34. The zero-order chi connectivity index (χ0) is 14.7. The summed E-state index contributed by atoms with van der Waals surface area (Å²) in [5.74, 6) is 1.91. The van der Waals surface area contributed by atoms with Crippen LogP contribution < -0.4 is 5.32 Å². The summed E-state index contributed by atoms with van der Waals surface area (Å²) in [4.78, 5) is 2.53. The molecule has 2 aliphatic heterocycles. The number of nitrogens with zero attached hydrogens (tertiary/aromatic N) is 1. The van der Waals surface area contributed by atoms with Gasteiger partial charge < -0.3 is 10.4 Å². The van der Waals surface area contributed by atoms with E-state index < -0.39 is 0 Å². The van der Waals surface area contributed by atoms with Crippen LogP contribution in [-0.2, 0) is 6.54 Å². The molecule has 1 aromatic rings. The summed E-state index contributed by atoms with van der Waals surface area (Å²) >= 11 is 6.05. The van der Waals surface area contributed by atoms with E-state index in [1.165, 1.54) is 18.4 Å². The summed E-state index contributed by atoms with van der Waals surface area (Å²) in [6.07, 6.45) is 2.51. The smallest absolute Gasteiger partial charge is 0.0474 e. The summed E-state index contributed by atoms with van der Waals surface area (Å²) in [6, 6.07) is 8.18. The van der Waals surface area contributed by atoms with Crippen molar-refractivity contribution in [3.63, 3.8) is 0 Å². The van der Waals surface area contributed by atoms with Gasteiger partial charge in [0, 0.05) is 24.7 Å². The van der Waals surface area contributed by atoms with Crippen LogP contribution in [-0.4, -0.2) is 42.8 Å². The van der Waals surface area contributed by atoms with Gasteiger partial charge in [-0.3, -0.25) is 4.90 Å². The van der Waals surface area contributed by atoms with Crippen LogP contribution in [0.15, 0.2) is 24.3 Å². The van der Waals surface area contributed by atoms with Crippen molar-refractivity contribution >= 4 is 24.0 Å². The second kappa shape index (κ2) is 8.51. The lowest BCUT2D eigenvalue weighted by Gasteiger charge is -2.36. The maximum atomic E-state index is 9.48. The molecule has 0 bridgehead atoms. The molecule has 2 N–H and O–H groups in total. The SMILES string of the molecule is Cl.OC[C@@H]1CNC[C@H]1C1CCN(Cc2cccc(Cl)c2)CC1. The molecule has 1 aromatic carbocycles. The molecule has 0 saturated carbocycles. The molecule has 0 unspecified atom stereocenters. The Kier molecular flexibility index (Phi) is 6.97. The molecule has 0 radical (unpaired) electrons. The topological polar surface area (TPSA) is 35.5 Å². The van der Waals surface area contributed by atoms with Gasteiger partial charge in [0.1, 0.15) is 0 Å². The Morgan fingerprint density at radius 3 is 2.68 bits per heavy atom. The largest absolute Gasteiger partial charge is 0.396 e. The zero-order valence-corrected chi connectivity index (χ0v) is 14.5. The number of hydrogen-bond acceptors (Lipinski definition) is 3. The van der Waals surface area contributed by atoms with Crippen LogP contribution in [0.25, 0.3) is 0 Å². The summed E-state index contributed by atoms with van der Waals surface area (Å²) in [6.45, 7) is 5.73. The van der Waals surface area contributed by atoms with E-state index in [4.69, 9.17) is 11.6 Å². The number of aliphatic hydroxyl groups is 1. The minimum absolute atomic E-state index is 0. The second-order valence-corrected chi connectivity index (χ2v) is 6.94. The summed E-state index contributed by atoms with van der Waals surface area (Å²) < 4.78 is 0. The fraction of sp³-hybridized carbons (Fsp3) is 0.647. The molecule has 0 amide bonds. The van der Waals surface area contributed by atoms with E-state index in [1.54, 1.807) is 0 Å². The van der Waals surface area contributed by atoms with E-state index >= 15 is 0 Å². The van der Waals surface area contributed by atoms with Crippen molar-refractivity contribution < 1.29 is 5.11 Å². The molecule has 0 aliphatic carbocycles. The summed E-state index contributed by atoms with van der Waals surface area (Å²) in [5, 5.41) is 13.7. The lowest BCUT2D eigenvalue weighted by Crippen LogP contribution is -2.38. The predicted octanol–water partition coefficient (Wildman–Crippen LogP) is 2.80. The quantitative estimate of drug-likeness (QED) is 0.881. The van der Waals surface area contributed by atoms with E-state index in [1.807, 2.05) is 12.1 Å². The molecule has 124 valence electrons. The molecule has 0 aromatic heterocycles. The van der Waals surface area contributed by atoms with Crippen molar-refractivity contribution in [1.29, 1.82) is 0 Å². The third-order valence-electron chi connectivity index (χ3n) is 5.16. The zero-order valence-electron chi connectivity index (χ0n) is 12.9. The van der Waals surface area contributed by atoms with Gasteiger partial charge >= 0.3 is 0 Å². The minimum Gasteiger partial charge on any atom is -0.396 e. The van der Waals surface area contributed by atoms with Gasteiger partial charge in [0.2, 0.25) is 0 Å². The Morgan fingerprint density at radius 2 is 2.00 bits per heavy atom. The van der Waals surface area contributed by atoms with Crippen LogP contribution >= 0.6 is 24.0 Å². The van der Waals surface area contributed by atoms with Crippen LogP contribution in [0.4, 0.5) is 0 Å². The maximum absolute atomic E-state index is 9.48. The highest BCUT2D eigenvalue weighted by molar-refractivity contribution is 6.30. The number of rotatable bonds is 4. The fourth-order valence-electron chi connectivity index (χ4n) is 3.94. The highest BCUT2D eigenvalue weighted by atomic mass is 35.5. The molecule has 2 saturated heterocycles. The van der Waals surface area contributed by atoms with Crippen LogP contribution in [0, 0.1) is 17.8 Å². The molecule has 3 rings (SSSR count). The molecule has 2 heterocycles. The average Bonchev–Trinajstić information content (AvgIpc) is 2.96. The van der Waals surface area contributed by atoms with Crippen LogP contribution in [0.3, 0.4) is 0 Å². The number of nitrogens with one attached hydrogen (secondary N) is 1. The fourth-order valence-corrected chi connectivity index (χ4v) is 4.15. The molecular formula is C17H26Cl2N2O. The Balaban J connectivity index is 0.00000176. The van der Waals surface area contributed by atoms with Crippen molar-refractivity contribution in [2.75, 3.05) is 32.8 Å². The maximum Gasteiger partial charge on any atom is 0.0474 e. The first-order valence-corrected chi connectivity index (χ1v) is 8.42. The number of benzene rings is 1. The Hall–Kier alpha value is -0.320. The first kappa shape index (κ1) is 18.0. The number of halogens is 2. The van der Waals surface area contributed by atoms with E-state index in [-0.39, 0.29) is 12.4 Å². The summed E-state index contributed by atoms with van der Waals surface area (Å²) in [5.41, 5.74) is 1.30. The molecule has 5 heteroatoms. The molecule has 0 spiro atoms. The molecule has 2 aliphatic rings. The van der Waals surface area contributed by atoms with Crippen molar-refractivity contribution in [2.24, 2.45) is 17.8 Å². The van der Waals surface area contributed by atoms with Crippen molar-refractivity contribution in [2.45, 2.75) is 19.4 Å². The van der Waals surface area contributed by atoms with Crippen LogP contribution in [0.2, 0.25) is 5.02 Å². The van der Waals surface area contributed by atoms with E-state index in [0.29, 0.717) is 18.4 Å². The average molecular weight is 345 g/mol. The number of hydrogen-bond donors (Lipinski definition) is 2. The van der Waals surface area contributed by atoms with Gasteiger partial charge in [-0.2, -0.15) is 0 Å². The van der Waals surface area contributed by atoms with Gasteiger partial charge in [-0.25, -0.2) is 0 Å². The lowest BCUT2D eigenvalue weighted by molar-refractivity contribution is 0.108. The van der Waals surface area contributed by atoms with Crippen LogP contribution in [0.5, 0.6) is 0 Å². The number of aliphatic hydroxyl groups excluding tert-OH is 1. The number of likely N-dealkylation sites (tertiary alicyclic amines) is 1. The first-order chi connectivity index (χ1) is 10.3. The Bertz CT molecular complexity index is 464. The van der Waals surface area contributed by atoms with Crippen LogP contribution in [0.1, 0.15) is 18.4 Å². The van der Waals surface area contributed by atoms with Crippen molar-refractivity contribution in [3.8, 4) is 0 Å². The third-order valence-corrected chi connectivity index (χ3v) is 5.39.